The van der Waals surface area contributed by atoms with E-state index in [4.69, 9.17) is 14.2 Å². The smallest absolute Gasteiger partial charge is 0.308 e. The summed E-state index contributed by atoms with van der Waals surface area (Å²) in [6.45, 7) is 12.5. The van der Waals surface area contributed by atoms with E-state index in [1.165, 1.54) is 6.92 Å². The summed E-state index contributed by atoms with van der Waals surface area (Å²) in [7, 11) is 0. The number of aliphatic carboxylic acids is 1. The van der Waals surface area contributed by atoms with Crippen LogP contribution in [0, 0.1) is 11.8 Å². The van der Waals surface area contributed by atoms with E-state index in [0.717, 1.165) is 6.42 Å². The van der Waals surface area contributed by atoms with Crippen LogP contribution in [0.15, 0.2) is 6.08 Å². The van der Waals surface area contributed by atoms with Crippen molar-refractivity contribution in [2.75, 3.05) is 0 Å². The quantitative estimate of drug-likeness (QED) is 0.432. The van der Waals surface area contributed by atoms with Crippen molar-refractivity contribution in [2.45, 2.75) is 85.4 Å². The van der Waals surface area contributed by atoms with Gasteiger partial charge in [-0.3, -0.25) is 14.4 Å². The third-order valence-electron chi connectivity index (χ3n) is 6.58. The van der Waals surface area contributed by atoms with Gasteiger partial charge in [0, 0.05) is 18.4 Å². The second-order valence-corrected chi connectivity index (χ2v) is 9.55. The molecule has 0 aromatic heterocycles. The number of hydrogen-bond donors (Lipinski definition) is 1. The van der Waals surface area contributed by atoms with Crippen molar-refractivity contribution in [1.29, 1.82) is 0 Å². The third kappa shape index (κ3) is 4.50. The monoisotopic (exact) mass is 458 g/mol. The summed E-state index contributed by atoms with van der Waals surface area (Å²) >= 11 is 0. The Morgan fingerprint density at radius 2 is 1.88 bits per heavy atom. The Hall–Kier alpha value is -2.83. The number of rotatable bonds is 7. The molecule has 2 aliphatic rings. The number of carbonyl (C=O) groups excluding carboxylic acids is 2. The molecule has 0 bridgehead atoms. The number of ether oxygens (including phenoxy) is 3. The van der Waals surface area contributed by atoms with Crippen molar-refractivity contribution in [2.24, 2.45) is 11.8 Å². The first-order valence-electron chi connectivity index (χ1n) is 11.7. The highest BCUT2D eigenvalue weighted by Gasteiger charge is 2.44. The summed E-state index contributed by atoms with van der Waals surface area (Å²) in [5.74, 6) is -2.43. The summed E-state index contributed by atoms with van der Waals surface area (Å²) in [4.78, 5) is 37.8. The molecule has 0 radical (unpaired) electrons. The fourth-order valence-electron chi connectivity index (χ4n) is 4.72. The molecule has 7 heteroatoms. The average Bonchev–Trinajstić information content (AvgIpc) is 2.70. The molecular weight excluding hydrogens is 424 g/mol. The lowest BCUT2D eigenvalue weighted by Gasteiger charge is -2.38. The summed E-state index contributed by atoms with van der Waals surface area (Å²) in [6, 6.07) is 0. The third-order valence-corrected chi connectivity index (χ3v) is 6.58. The van der Waals surface area contributed by atoms with Crippen molar-refractivity contribution in [3.05, 3.63) is 22.8 Å². The van der Waals surface area contributed by atoms with Gasteiger partial charge in [-0.2, -0.15) is 0 Å². The van der Waals surface area contributed by atoms with Crippen molar-refractivity contribution < 1.29 is 33.7 Å². The van der Waals surface area contributed by atoms with Crippen LogP contribution in [-0.2, 0) is 9.59 Å². The van der Waals surface area contributed by atoms with E-state index in [0.29, 0.717) is 29.7 Å². The van der Waals surface area contributed by atoms with Gasteiger partial charge in [0.1, 0.15) is 28.8 Å². The molecule has 2 heterocycles. The molecular formula is C26H34O7. The maximum absolute atomic E-state index is 13.5. The molecule has 2 aliphatic heterocycles. The number of fused-ring (bicyclic) bond motifs is 2. The topological polar surface area (TPSA) is 99.1 Å². The number of carboxylic acids is 1. The van der Waals surface area contributed by atoms with Gasteiger partial charge in [0.25, 0.3) is 0 Å². The lowest BCUT2D eigenvalue weighted by Crippen LogP contribution is -2.37. The lowest BCUT2D eigenvalue weighted by molar-refractivity contribution is -0.142. The molecule has 1 aromatic rings. The van der Waals surface area contributed by atoms with Crippen LogP contribution < -0.4 is 14.2 Å². The summed E-state index contributed by atoms with van der Waals surface area (Å²) < 4.78 is 18.2. The van der Waals surface area contributed by atoms with Crippen molar-refractivity contribution in [3.8, 4) is 17.2 Å². The molecule has 180 valence electrons. The number of benzene rings is 1. The molecule has 0 aliphatic carbocycles. The molecule has 0 unspecified atom stereocenters. The standard InChI is InChI=1S/C26H34O7/c1-8-10-17(16(9-2)25(29)30)19-23-18(11-12-26(6,7)33-23)22(32-15(5)27)20-21(28)13(3)14(4)31-24(19)20/h11-14,16-17H,8-10H2,1-7H3,(H,29,30)/t13-,14-,16-,17-/m0/s1. The minimum absolute atomic E-state index is 0.116. The predicted molar refractivity (Wildman–Crippen MR) is 124 cm³/mol. The number of carbonyl (C=O) groups is 3. The molecule has 0 amide bonds. The van der Waals surface area contributed by atoms with Crippen LogP contribution >= 0.6 is 0 Å². The Morgan fingerprint density at radius 3 is 2.42 bits per heavy atom. The van der Waals surface area contributed by atoms with E-state index >= 15 is 0 Å². The van der Waals surface area contributed by atoms with E-state index in [9.17, 15) is 19.5 Å². The van der Waals surface area contributed by atoms with Crippen LogP contribution in [0.2, 0.25) is 0 Å². The van der Waals surface area contributed by atoms with Crippen LogP contribution in [0.4, 0.5) is 0 Å². The van der Waals surface area contributed by atoms with E-state index in [1.54, 1.807) is 13.0 Å². The molecule has 7 nitrogen and oxygen atoms in total. The zero-order valence-electron chi connectivity index (χ0n) is 20.5. The predicted octanol–water partition coefficient (Wildman–Crippen LogP) is 5.39. The van der Waals surface area contributed by atoms with Crippen LogP contribution in [0.25, 0.3) is 6.08 Å². The first kappa shape index (κ1) is 24.8. The number of hydrogen-bond acceptors (Lipinski definition) is 6. The minimum Gasteiger partial charge on any atom is -0.489 e. The normalized spacial score (nSPS) is 22.3. The Labute approximate surface area is 195 Å². The Kier molecular flexibility index (Phi) is 6.91. The van der Waals surface area contributed by atoms with Crippen LogP contribution in [0.3, 0.4) is 0 Å². The maximum Gasteiger partial charge on any atom is 0.308 e. The van der Waals surface area contributed by atoms with E-state index in [-0.39, 0.29) is 22.8 Å². The minimum atomic E-state index is -0.906. The fraction of sp³-hybridized carbons (Fsp3) is 0.577. The maximum atomic E-state index is 13.5. The van der Waals surface area contributed by atoms with E-state index in [2.05, 4.69) is 0 Å². The molecule has 0 spiro atoms. The SMILES string of the molecule is CCC[C@H](c1c2c(c(OC(C)=O)c3c1O[C@@H](C)[C@H](C)C3=O)C=CC(C)(C)O2)[C@H](CC)C(=O)O. The first-order valence-corrected chi connectivity index (χ1v) is 11.7. The van der Waals surface area contributed by atoms with Gasteiger partial charge in [-0.25, -0.2) is 0 Å². The van der Waals surface area contributed by atoms with Gasteiger partial charge in [-0.15, -0.1) is 0 Å². The summed E-state index contributed by atoms with van der Waals surface area (Å²) in [6.07, 6.45) is 4.93. The van der Waals surface area contributed by atoms with Crippen molar-refractivity contribution in [3.63, 3.8) is 0 Å². The number of carboxylic acid groups (broad SMARTS) is 1. The van der Waals surface area contributed by atoms with Crippen LogP contribution in [-0.4, -0.2) is 34.5 Å². The van der Waals surface area contributed by atoms with Crippen LogP contribution in [0.5, 0.6) is 17.2 Å². The zero-order valence-corrected chi connectivity index (χ0v) is 20.5. The van der Waals surface area contributed by atoms with Crippen LogP contribution in [0.1, 0.15) is 95.1 Å². The van der Waals surface area contributed by atoms with Gasteiger partial charge in [-0.05, 0) is 45.8 Å². The molecule has 0 saturated carbocycles. The molecule has 33 heavy (non-hydrogen) atoms. The molecule has 3 rings (SSSR count). The van der Waals surface area contributed by atoms with Gasteiger partial charge < -0.3 is 19.3 Å². The highest BCUT2D eigenvalue weighted by molar-refractivity contribution is 6.07. The Balaban J connectivity index is 2.46. The van der Waals surface area contributed by atoms with Gasteiger partial charge in [0.05, 0.1) is 17.4 Å². The van der Waals surface area contributed by atoms with Crippen molar-refractivity contribution >= 4 is 23.8 Å². The second kappa shape index (κ2) is 9.20. The molecule has 4 atom stereocenters. The average molecular weight is 459 g/mol. The Morgan fingerprint density at radius 1 is 1.21 bits per heavy atom. The number of Topliss-reactive ketones (excluding diaryl/α,β-unsaturated/α-hetero) is 1. The number of esters is 1. The second-order valence-electron chi connectivity index (χ2n) is 9.55. The largest absolute Gasteiger partial charge is 0.489 e. The van der Waals surface area contributed by atoms with E-state index < -0.39 is 41.4 Å². The zero-order chi connectivity index (χ0) is 24.7. The van der Waals surface area contributed by atoms with Gasteiger partial charge in [0.15, 0.2) is 11.5 Å². The first-order chi connectivity index (χ1) is 15.4. The summed E-state index contributed by atoms with van der Waals surface area (Å²) in [5, 5.41) is 10.0. The Bertz CT molecular complexity index is 1000. The molecule has 1 N–H and O–H groups in total. The summed E-state index contributed by atoms with van der Waals surface area (Å²) in [5.41, 5.74) is 0.566. The highest BCUT2D eigenvalue weighted by Crippen LogP contribution is 2.55. The lowest BCUT2D eigenvalue weighted by atomic mass is 9.76. The van der Waals surface area contributed by atoms with Gasteiger partial charge >= 0.3 is 11.9 Å². The van der Waals surface area contributed by atoms with Gasteiger partial charge in [-0.1, -0.05) is 27.2 Å². The highest BCUT2D eigenvalue weighted by atomic mass is 16.5. The van der Waals surface area contributed by atoms with Crippen molar-refractivity contribution in [1.82, 2.24) is 0 Å². The molecule has 0 saturated heterocycles. The van der Waals surface area contributed by atoms with Gasteiger partial charge in [0.2, 0.25) is 0 Å². The molecule has 1 aromatic carbocycles. The number of ketones is 1. The fourth-order valence-corrected chi connectivity index (χ4v) is 4.72. The van der Waals surface area contributed by atoms with E-state index in [1.807, 2.05) is 40.7 Å². The molecule has 0 fully saturated rings.